The molecule has 0 atom stereocenters. The number of aliphatic hydroxyl groups is 1. The van der Waals surface area contributed by atoms with Crippen LogP contribution in [-0.2, 0) is 5.41 Å². The predicted molar refractivity (Wildman–Crippen MR) is 72.5 cm³/mol. The third-order valence-electron chi connectivity index (χ3n) is 2.99. The van der Waals surface area contributed by atoms with Gasteiger partial charge in [0.15, 0.2) is 0 Å². The van der Waals surface area contributed by atoms with Crippen LogP contribution in [0.1, 0.15) is 19.4 Å². The molecule has 0 fully saturated rings. The molecule has 102 valence electrons. The van der Waals surface area contributed by atoms with Gasteiger partial charge >= 0.3 is 0 Å². The summed E-state index contributed by atoms with van der Waals surface area (Å²) in [7, 11) is 3.30. The molecule has 1 aromatic carbocycles. The summed E-state index contributed by atoms with van der Waals surface area (Å²) in [6, 6.07) is 5.85. The molecule has 0 aromatic heterocycles. The van der Waals surface area contributed by atoms with Crippen LogP contribution in [0.25, 0.3) is 0 Å². The zero-order valence-corrected chi connectivity index (χ0v) is 11.6. The molecule has 0 unspecified atom stereocenters. The fourth-order valence-electron chi connectivity index (χ4n) is 1.93. The van der Waals surface area contributed by atoms with Gasteiger partial charge in [-0.25, -0.2) is 0 Å². The molecule has 0 radical (unpaired) electrons. The van der Waals surface area contributed by atoms with E-state index in [0.29, 0.717) is 6.54 Å². The molecule has 1 rings (SSSR count). The molecule has 0 aliphatic carbocycles. The van der Waals surface area contributed by atoms with Gasteiger partial charge in [0.2, 0.25) is 0 Å². The summed E-state index contributed by atoms with van der Waals surface area (Å²) in [5.41, 5.74) is 1.04. The van der Waals surface area contributed by atoms with Gasteiger partial charge in [-0.05, 0) is 6.07 Å². The van der Waals surface area contributed by atoms with E-state index in [1.54, 1.807) is 14.2 Å². The third kappa shape index (κ3) is 3.62. The van der Waals surface area contributed by atoms with Gasteiger partial charge in [-0.3, -0.25) is 0 Å². The second-order valence-electron chi connectivity index (χ2n) is 4.85. The van der Waals surface area contributed by atoms with E-state index in [1.807, 2.05) is 18.2 Å². The minimum Gasteiger partial charge on any atom is -0.497 e. The number of hydrogen-bond acceptors (Lipinski definition) is 4. The summed E-state index contributed by atoms with van der Waals surface area (Å²) in [6.07, 6.45) is 0. The van der Waals surface area contributed by atoms with E-state index in [4.69, 9.17) is 14.6 Å². The Hall–Kier alpha value is -1.26. The largest absolute Gasteiger partial charge is 0.497 e. The Morgan fingerprint density at radius 3 is 2.50 bits per heavy atom. The summed E-state index contributed by atoms with van der Waals surface area (Å²) in [6.45, 7) is 5.80. The first kappa shape index (κ1) is 14.8. The number of ether oxygens (including phenoxy) is 2. The lowest BCUT2D eigenvalue weighted by Crippen LogP contribution is -2.34. The zero-order valence-electron chi connectivity index (χ0n) is 11.6. The van der Waals surface area contributed by atoms with Gasteiger partial charge in [0.1, 0.15) is 11.5 Å². The molecular weight excluding hydrogens is 230 g/mol. The van der Waals surface area contributed by atoms with Crippen LogP contribution >= 0.6 is 0 Å². The highest BCUT2D eigenvalue weighted by molar-refractivity contribution is 5.44. The van der Waals surface area contributed by atoms with Crippen molar-refractivity contribution < 1.29 is 14.6 Å². The van der Waals surface area contributed by atoms with E-state index in [-0.39, 0.29) is 12.0 Å². The van der Waals surface area contributed by atoms with Crippen LogP contribution in [0.3, 0.4) is 0 Å². The topological polar surface area (TPSA) is 50.7 Å². The van der Waals surface area contributed by atoms with Gasteiger partial charge in [0.05, 0.1) is 20.8 Å². The second-order valence-corrected chi connectivity index (χ2v) is 4.85. The summed E-state index contributed by atoms with van der Waals surface area (Å²) in [5.74, 6) is 1.61. The molecule has 2 N–H and O–H groups in total. The van der Waals surface area contributed by atoms with Gasteiger partial charge in [0.25, 0.3) is 0 Å². The Morgan fingerprint density at radius 2 is 1.94 bits per heavy atom. The minimum absolute atomic E-state index is 0.0766. The second kappa shape index (κ2) is 6.61. The number of nitrogens with one attached hydrogen (secondary N) is 1. The van der Waals surface area contributed by atoms with Crippen molar-refractivity contribution in [1.82, 2.24) is 5.32 Å². The van der Waals surface area contributed by atoms with Crippen LogP contribution in [0.15, 0.2) is 18.2 Å². The van der Waals surface area contributed by atoms with Gasteiger partial charge in [-0.2, -0.15) is 0 Å². The molecule has 0 spiro atoms. The van der Waals surface area contributed by atoms with E-state index in [1.165, 1.54) is 0 Å². The maximum Gasteiger partial charge on any atom is 0.126 e. The average molecular weight is 253 g/mol. The van der Waals surface area contributed by atoms with Crippen molar-refractivity contribution in [2.75, 3.05) is 33.9 Å². The predicted octanol–water partition coefficient (Wildman–Crippen LogP) is 1.56. The fourth-order valence-corrected chi connectivity index (χ4v) is 1.93. The molecule has 0 saturated carbocycles. The van der Waals surface area contributed by atoms with E-state index < -0.39 is 0 Å². The minimum atomic E-state index is -0.0766. The lowest BCUT2D eigenvalue weighted by atomic mass is 9.84. The van der Waals surface area contributed by atoms with Crippen LogP contribution in [0.4, 0.5) is 0 Å². The number of aliphatic hydroxyl groups excluding tert-OH is 1. The molecule has 18 heavy (non-hydrogen) atoms. The van der Waals surface area contributed by atoms with Crippen LogP contribution in [0, 0.1) is 0 Å². The number of benzene rings is 1. The molecule has 0 heterocycles. The van der Waals surface area contributed by atoms with Crippen LogP contribution in [0.2, 0.25) is 0 Å². The Labute approximate surface area is 109 Å². The molecule has 0 bridgehead atoms. The highest BCUT2D eigenvalue weighted by Crippen LogP contribution is 2.33. The van der Waals surface area contributed by atoms with E-state index in [0.717, 1.165) is 23.6 Å². The summed E-state index contributed by atoms with van der Waals surface area (Å²) >= 11 is 0. The fraction of sp³-hybridized carbons (Fsp3) is 0.571. The monoisotopic (exact) mass is 253 g/mol. The average Bonchev–Trinajstić information content (AvgIpc) is 2.38. The Balaban J connectivity index is 2.92. The van der Waals surface area contributed by atoms with E-state index >= 15 is 0 Å². The quantitative estimate of drug-likeness (QED) is 0.724. The molecule has 0 aliphatic rings. The number of methoxy groups -OCH3 is 2. The normalized spacial score (nSPS) is 11.4. The summed E-state index contributed by atoms with van der Waals surface area (Å²) in [4.78, 5) is 0. The highest BCUT2D eigenvalue weighted by atomic mass is 16.5. The van der Waals surface area contributed by atoms with Gasteiger partial charge in [0, 0.05) is 30.1 Å². The van der Waals surface area contributed by atoms with E-state index in [9.17, 15) is 0 Å². The first-order valence-electron chi connectivity index (χ1n) is 6.09. The Kier molecular flexibility index (Phi) is 5.44. The van der Waals surface area contributed by atoms with Gasteiger partial charge in [-0.1, -0.05) is 19.9 Å². The van der Waals surface area contributed by atoms with Crippen molar-refractivity contribution in [3.63, 3.8) is 0 Å². The first-order chi connectivity index (χ1) is 8.55. The maximum absolute atomic E-state index is 8.80. The zero-order chi connectivity index (χ0) is 13.6. The van der Waals surface area contributed by atoms with Crippen molar-refractivity contribution in [3.05, 3.63) is 23.8 Å². The lowest BCUT2D eigenvalue weighted by Gasteiger charge is -2.27. The first-order valence-corrected chi connectivity index (χ1v) is 6.09. The molecule has 0 aliphatic heterocycles. The van der Waals surface area contributed by atoms with Gasteiger partial charge < -0.3 is 19.9 Å². The van der Waals surface area contributed by atoms with Gasteiger partial charge in [-0.15, -0.1) is 0 Å². The smallest absolute Gasteiger partial charge is 0.126 e. The summed E-state index contributed by atoms with van der Waals surface area (Å²) < 4.78 is 10.6. The summed E-state index contributed by atoms with van der Waals surface area (Å²) in [5, 5.41) is 12.0. The highest BCUT2D eigenvalue weighted by Gasteiger charge is 2.24. The van der Waals surface area contributed by atoms with Crippen molar-refractivity contribution in [1.29, 1.82) is 0 Å². The van der Waals surface area contributed by atoms with Crippen LogP contribution in [-0.4, -0.2) is 39.0 Å². The molecule has 0 saturated heterocycles. The third-order valence-corrected chi connectivity index (χ3v) is 2.99. The standard InChI is InChI=1S/C14H23NO3/c1-14(2,10-15-7-8-16)12-6-5-11(17-3)9-13(12)18-4/h5-6,9,15-16H,7-8,10H2,1-4H3. The van der Waals surface area contributed by atoms with E-state index in [2.05, 4.69) is 19.2 Å². The van der Waals surface area contributed by atoms with Crippen LogP contribution in [0.5, 0.6) is 11.5 Å². The van der Waals surface area contributed by atoms with Crippen molar-refractivity contribution in [2.45, 2.75) is 19.3 Å². The molecular formula is C14H23NO3. The Bertz CT molecular complexity index is 377. The molecule has 0 amide bonds. The van der Waals surface area contributed by atoms with Crippen molar-refractivity contribution >= 4 is 0 Å². The SMILES string of the molecule is COc1ccc(C(C)(C)CNCCO)c(OC)c1. The molecule has 4 nitrogen and oxygen atoms in total. The van der Waals surface area contributed by atoms with Crippen molar-refractivity contribution in [2.24, 2.45) is 0 Å². The maximum atomic E-state index is 8.80. The Morgan fingerprint density at radius 1 is 1.22 bits per heavy atom. The number of rotatable bonds is 7. The lowest BCUT2D eigenvalue weighted by molar-refractivity contribution is 0.286. The molecule has 1 aromatic rings. The number of hydrogen-bond donors (Lipinski definition) is 2. The van der Waals surface area contributed by atoms with Crippen LogP contribution < -0.4 is 14.8 Å². The molecule has 4 heteroatoms. The van der Waals surface area contributed by atoms with Crippen molar-refractivity contribution in [3.8, 4) is 11.5 Å².